The highest BCUT2D eigenvalue weighted by Gasteiger charge is 2.20. The minimum atomic E-state index is -0.144. The molecule has 0 aliphatic carbocycles. The third-order valence-electron chi connectivity index (χ3n) is 2.81. The van der Waals surface area contributed by atoms with Crippen LogP contribution in [0, 0.1) is 0 Å². The Bertz CT molecular complexity index is 152. The predicted octanol–water partition coefficient (Wildman–Crippen LogP) is 2.02. The summed E-state index contributed by atoms with van der Waals surface area (Å²) in [6, 6.07) is 0.697. The van der Waals surface area contributed by atoms with Crippen LogP contribution in [0.25, 0.3) is 0 Å². The summed E-state index contributed by atoms with van der Waals surface area (Å²) in [4.78, 5) is 0. The van der Waals surface area contributed by atoms with Gasteiger partial charge in [-0.25, -0.2) is 0 Å². The summed E-state index contributed by atoms with van der Waals surface area (Å²) in [7, 11) is 0. The van der Waals surface area contributed by atoms with Gasteiger partial charge in [0, 0.05) is 11.3 Å². The van der Waals surface area contributed by atoms with E-state index in [0.717, 1.165) is 24.6 Å². The van der Waals surface area contributed by atoms with E-state index in [1.54, 1.807) is 0 Å². The quantitative estimate of drug-likeness (QED) is 0.691. The van der Waals surface area contributed by atoms with Crippen LogP contribution in [0.2, 0.25) is 0 Å². The van der Waals surface area contributed by atoms with E-state index in [0.29, 0.717) is 6.04 Å². The van der Waals surface area contributed by atoms with Crippen molar-refractivity contribution in [2.24, 2.45) is 0 Å². The van der Waals surface area contributed by atoms with Crippen molar-refractivity contribution in [3.8, 4) is 0 Å². The predicted molar refractivity (Wildman–Crippen MR) is 63.9 cm³/mol. The van der Waals surface area contributed by atoms with Crippen molar-refractivity contribution in [2.75, 3.05) is 12.3 Å². The molecule has 1 rings (SSSR count). The SMILES string of the molecule is CC(O)CCCNC1CCCSC1C. The first kappa shape index (κ1) is 12.3. The number of aliphatic hydroxyl groups excluding tert-OH is 1. The first-order valence-electron chi connectivity index (χ1n) is 5.73. The molecule has 0 aromatic carbocycles. The first-order chi connectivity index (χ1) is 6.70. The topological polar surface area (TPSA) is 32.3 Å². The molecule has 3 atom stereocenters. The van der Waals surface area contributed by atoms with E-state index in [9.17, 15) is 0 Å². The third-order valence-corrected chi connectivity index (χ3v) is 4.19. The van der Waals surface area contributed by atoms with Gasteiger partial charge in [0.15, 0.2) is 0 Å². The summed E-state index contributed by atoms with van der Waals surface area (Å²) < 4.78 is 0. The standard InChI is InChI=1S/C11H23NOS/c1-9(13)5-3-7-12-11-6-4-8-14-10(11)2/h9-13H,3-8H2,1-2H3. The summed E-state index contributed by atoms with van der Waals surface area (Å²) in [5.41, 5.74) is 0. The van der Waals surface area contributed by atoms with E-state index in [1.165, 1.54) is 18.6 Å². The van der Waals surface area contributed by atoms with E-state index in [2.05, 4.69) is 24.0 Å². The second-order valence-electron chi connectivity index (χ2n) is 4.27. The second-order valence-corrected chi connectivity index (χ2v) is 5.76. The fourth-order valence-corrected chi connectivity index (χ4v) is 3.05. The highest BCUT2D eigenvalue weighted by molar-refractivity contribution is 7.99. The summed E-state index contributed by atoms with van der Waals surface area (Å²) in [6.07, 6.45) is 4.54. The monoisotopic (exact) mass is 217 g/mol. The highest BCUT2D eigenvalue weighted by Crippen LogP contribution is 2.24. The zero-order valence-corrected chi connectivity index (χ0v) is 10.1. The van der Waals surface area contributed by atoms with Gasteiger partial charge in [0.1, 0.15) is 0 Å². The van der Waals surface area contributed by atoms with Gasteiger partial charge in [-0.1, -0.05) is 6.92 Å². The number of thioether (sulfide) groups is 1. The van der Waals surface area contributed by atoms with E-state index in [-0.39, 0.29) is 6.10 Å². The normalized spacial score (nSPS) is 30.2. The van der Waals surface area contributed by atoms with Gasteiger partial charge in [0.05, 0.1) is 6.10 Å². The van der Waals surface area contributed by atoms with Crippen molar-refractivity contribution >= 4 is 11.8 Å². The van der Waals surface area contributed by atoms with Gasteiger partial charge >= 0.3 is 0 Å². The first-order valence-corrected chi connectivity index (χ1v) is 6.78. The number of rotatable bonds is 5. The molecule has 2 N–H and O–H groups in total. The highest BCUT2D eigenvalue weighted by atomic mass is 32.2. The molecule has 2 nitrogen and oxygen atoms in total. The van der Waals surface area contributed by atoms with Crippen molar-refractivity contribution < 1.29 is 5.11 Å². The fraction of sp³-hybridized carbons (Fsp3) is 1.00. The summed E-state index contributed by atoms with van der Waals surface area (Å²) >= 11 is 2.08. The van der Waals surface area contributed by atoms with Crippen molar-refractivity contribution in [1.29, 1.82) is 0 Å². The molecule has 0 aromatic rings. The van der Waals surface area contributed by atoms with Gasteiger partial charge in [-0.15, -0.1) is 0 Å². The van der Waals surface area contributed by atoms with E-state index < -0.39 is 0 Å². The lowest BCUT2D eigenvalue weighted by Gasteiger charge is -2.29. The third kappa shape index (κ3) is 4.67. The van der Waals surface area contributed by atoms with Crippen LogP contribution in [0.3, 0.4) is 0 Å². The average molecular weight is 217 g/mol. The van der Waals surface area contributed by atoms with Crippen molar-refractivity contribution in [1.82, 2.24) is 5.32 Å². The molecule has 1 aliphatic rings. The Morgan fingerprint density at radius 2 is 2.36 bits per heavy atom. The Morgan fingerprint density at radius 3 is 3.00 bits per heavy atom. The van der Waals surface area contributed by atoms with Crippen LogP contribution in [0.1, 0.15) is 39.5 Å². The number of nitrogens with one attached hydrogen (secondary N) is 1. The van der Waals surface area contributed by atoms with Crippen LogP contribution in [-0.4, -0.2) is 34.8 Å². The van der Waals surface area contributed by atoms with Crippen molar-refractivity contribution in [3.05, 3.63) is 0 Å². The van der Waals surface area contributed by atoms with E-state index in [4.69, 9.17) is 5.11 Å². The lowest BCUT2D eigenvalue weighted by molar-refractivity contribution is 0.180. The molecule has 0 spiro atoms. The Kier molecular flexibility index (Phi) is 5.90. The van der Waals surface area contributed by atoms with Crippen molar-refractivity contribution in [3.63, 3.8) is 0 Å². The molecular weight excluding hydrogens is 194 g/mol. The molecule has 0 amide bonds. The van der Waals surface area contributed by atoms with Gasteiger partial charge in [-0.05, 0) is 44.9 Å². The second kappa shape index (κ2) is 6.70. The van der Waals surface area contributed by atoms with E-state index >= 15 is 0 Å². The maximum absolute atomic E-state index is 9.11. The van der Waals surface area contributed by atoms with Crippen LogP contribution < -0.4 is 5.32 Å². The smallest absolute Gasteiger partial charge is 0.0512 e. The number of hydrogen-bond donors (Lipinski definition) is 2. The zero-order chi connectivity index (χ0) is 10.4. The molecule has 3 unspecified atom stereocenters. The summed E-state index contributed by atoms with van der Waals surface area (Å²) in [5, 5.41) is 13.5. The Hall–Kier alpha value is 0.270. The molecule has 0 radical (unpaired) electrons. The molecule has 0 aromatic heterocycles. The van der Waals surface area contributed by atoms with Crippen LogP contribution in [0.4, 0.5) is 0 Å². The summed E-state index contributed by atoms with van der Waals surface area (Å²) in [5.74, 6) is 1.33. The van der Waals surface area contributed by atoms with Gasteiger partial charge < -0.3 is 10.4 Å². The molecule has 1 fully saturated rings. The molecule has 1 aliphatic heterocycles. The molecule has 3 heteroatoms. The average Bonchev–Trinajstić information content (AvgIpc) is 2.15. The largest absolute Gasteiger partial charge is 0.393 e. The molecule has 0 bridgehead atoms. The Balaban J connectivity index is 2.04. The Labute approximate surface area is 91.9 Å². The zero-order valence-electron chi connectivity index (χ0n) is 9.33. The molecule has 14 heavy (non-hydrogen) atoms. The minimum absolute atomic E-state index is 0.144. The lowest BCUT2D eigenvalue weighted by atomic mass is 10.1. The molecule has 1 heterocycles. The van der Waals surface area contributed by atoms with Gasteiger partial charge in [0.25, 0.3) is 0 Å². The van der Waals surface area contributed by atoms with Crippen LogP contribution >= 0.6 is 11.8 Å². The fourth-order valence-electron chi connectivity index (χ4n) is 1.88. The molecule has 84 valence electrons. The van der Waals surface area contributed by atoms with Crippen LogP contribution in [0.15, 0.2) is 0 Å². The van der Waals surface area contributed by atoms with Crippen LogP contribution in [-0.2, 0) is 0 Å². The van der Waals surface area contributed by atoms with Gasteiger partial charge in [-0.3, -0.25) is 0 Å². The van der Waals surface area contributed by atoms with E-state index in [1.807, 2.05) is 6.92 Å². The van der Waals surface area contributed by atoms with Gasteiger partial charge in [-0.2, -0.15) is 11.8 Å². The number of hydrogen-bond acceptors (Lipinski definition) is 3. The Morgan fingerprint density at radius 1 is 1.57 bits per heavy atom. The summed E-state index contributed by atoms with van der Waals surface area (Å²) in [6.45, 7) is 5.23. The maximum Gasteiger partial charge on any atom is 0.0512 e. The molecule has 0 saturated carbocycles. The maximum atomic E-state index is 9.11. The number of aliphatic hydroxyl groups is 1. The van der Waals surface area contributed by atoms with Crippen molar-refractivity contribution in [2.45, 2.75) is 56.9 Å². The van der Waals surface area contributed by atoms with Gasteiger partial charge in [0.2, 0.25) is 0 Å². The minimum Gasteiger partial charge on any atom is -0.393 e. The molecule has 1 saturated heterocycles. The van der Waals surface area contributed by atoms with Crippen LogP contribution in [0.5, 0.6) is 0 Å². The molecular formula is C11H23NOS. The lowest BCUT2D eigenvalue weighted by Crippen LogP contribution is -2.39.